The molecule has 3 rings (SSSR count). The quantitative estimate of drug-likeness (QED) is 0.563. The minimum atomic E-state index is -0.869. The summed E-state index contributed by atoms with van der Waals surface area (Å²) in [6.07, 6.45) is 4.28. The van der Waals surface area contributed by atoms with Crippen LogP contribution in [-0.2, 0) is 9.59 Å². The minimum Gasteiger partial charge on any atom is -0.497 e. The number of nitrogens with one attached hydrogen (secondary N) is 1. The zero-order valence-corrected chi connectivity index (χ0v) is 19.3. The van der Waals surface area contributed by atoms with Gasteiger partial charge in [0.1, 0.15) is 17.7 Å². The van der Waals surface area contributed by atoms with E-state index in [-0.39, 0.29) is 23.7 Å². The molecule has 0 heterocycles. The lowest BCUT2D eigenvalue weighted by Gasteiger charge is -2.35. The molecule has 0 bridgehead atoms. The molecule has 3 unspecified atom stereocenters. The van der Waals surface area contributed by atoms with E-state index in [9.17, 15) is 9.59 Å². The second-order valence-corrected chi connectivity index (χ2v) is 8.63. The molecule has 0 aromatic heterocycles. The number of carbonyl (C=O) groups is 2. The zero-order valence-electron chi connectivity index (χ0n) is 17.8. The molecule has 5 nitrogen and oxygen atoms in total. The Morgan fingerprint density at radius 3 is 2.32 bits per heavy atom. The highest BCUT2D eigenvalue weighted by Crippen LogP contribution is 2.32. The first-order valence-corrected chi connectivity index (χ1v) is 11.4. The predicted octanol–water partition coefficient (Wildman–Crippen LogP) is 5.36. The molecular weight excluding hydrogens is 435 g/mol. The van der Waals surface area contributed by atoms with Crippen LogP contribution in [0.15, 0.2) is 48.5 Å². The molecule has 31 heavy (non-hydrogen) atoms. The minimum absolute atomic E-state index is 0.0832. The van der Waals surface area contributed by atoms with Crippen molar-refractivity contribution in [2.45, 2.75) is 44.7 Å². The fraction of sp³-hybridized carbons (Fsp3) is 0.417. The number of rotatable bonds is 7. The summed E-state index contributed by atoms with van der Waals surface area (Å²) in [6, 6.07) is 13.2. The monoisotopic (exact) mass is 462 g/mol. The van der Waals surface area contributed by atoms with Gasteiger partial charge in [0.25, 0.3) is 0 Å². The standard InChI is InChI=1S/C24H28Cl2N2O3/c1-16-5-3-4-6-21(16)27-24(30)23(17-7-9-18(26)10-8-17)28(22(29)15-25)19-11-13-20(31-2)14-12-19/h7-14,16,21,23H,3-6,15H2,1-2H3,(H,27,30). The van der Waals surface area contributed by atoms with Gasteiger partial charge in [-0.3, -0.25) is 14.5 Å². The van der Waals surface area contributed by atoms with Gasteiger partial charge in [0.15, 0.2) is 0 Å². The van der Waals surface area contributed by atoms with Crippen molar-refractivity contribution >= 4 is 40.7 Å². The Balaban J connectivity index is 2.01. The highest BCUT2D eigenvalue weighted by atomic mass is 35.5. The molecule has 1 fully saturated rings. The van der Waals surface area contributed by atoms with Gasteiger partial charge in [0.05, 0.1) is 7.11 Å². The number of anilines is 1. The van der Waals surface area contributed by atoms with Gasteiger partial charge < -0.3 is 10.1 Å². The summed E-state index contributed by atoms with van der Waals surface area (Å²) >= 11 is 12.0. The highest BCUT2D eigenvalue weighted by Gasteiger charge is 2.34. The molecule has 1 N–H and O–H groups in total. The molecule has 0 radical (unpaired) electrons. The number of alkyl halides is 1. The second-order valence-electron chi connectivity index (χ2n) is 7.93. The Labute approximate surface area is 193 Å². The van der Waals surface area contributed by atoms with Crippen LogP contribution in [0.25, 0.3) is 0 Å². The summed E-state index contributed by atoms with van der Waals surface area (Å²) in [5.74, 6) is 0.213. The average molecular weight is 463 g/mol. The third kappa shape index (κ3) is 5.72. The SMILES string of the molecule is COc1ccc(N(C(=O)CCl)C(C(=O)NC2CCCCC2C)c2ccc(Cl)cc2)cc1. The van der Waals surface area contributed by atoms with Crippen molar-refractivity contribution in [2.24, 2.45) is 5.92 Å². The lowest BCUT2D eigenvalue weighted by Crippen LogP contribution is -2.49. The smallest absolute Gasteiger partial charge is 0.248 e. The van der Waals surface area contributed by atoms with Crippen LogP contribution in [0.5, 0.6) is 5.75 Å². The third-order valence-corrected chi connectivity index (χ3v) is 6.35. The Bertz CT molecular complexity index is 887. The first-order valence-electron chi connectivity index (χ1n) is 10.5. The number of hydrogen-bond acceptors (Lipinski definition) is 3. The lowest BCUT2D eigenvalue weighted by molar-refractivity contribution is -0.126. The maximum atomic E-state index is 13.6. The van der Waals surface area contributed by atoms with E-state index in [0.29, 0.717) is 27.9 Å². The highest BCUT2D eigenvalue weighted by molar-refractivity contribution is 6.30. The molecule has 2 aromatic carbocycles. The van der Waals surface area contributed by atoms with Gasteiger partial charge in [0.2, 0.25) is 11.8 Å². The van der Waals surface area contributed by atoms with Gasteiger partial charge in [-0.2, -0.15) is 0 Å². The molecule has 1 aliphatic rings. The van der Waals surface area contributed by atoms with Crippen LogP contribution >= 0.6 is 23.2 Å². The number of halogens is 2. The fourth-order valence-corrected chi connectivity index (χ4v) is 4.35. The molecule has 1 aliphatic carbocycles. The number of hydrogen-bond donors (Lipinski definition) is 1. The normalized spacial score (nSPS) is 19.4. The summed E-state index contributed by atoms with van der Waals surface area (Å²) in [7, 11) is 1.58. The van der Waals surface area contributed by atoms with Crippen LogP contribution < -0.4 is 15.0 Å². The summed E-state index contributed by atoms with van der Waals surface area (Å²) in [5.41, 5.74) is 1.23. The number of benzene rings is 2. The molecule has 7 heteroatoms. The summed E-state index contributed by atoms with van der Waals surface area (Å²) in [5, 5.41) is 3.76. The maximum absolute atomic E-state index is 13.6. The van der Waals surface area contributed by atoms with E-state index in [1.54, 1.807) is 55.6 Å². The Hall–Kier alpha value is -2.24. The van der Waals surface area contributed by atoms with Crippen LogP contribution in [0.3, 0.4) is 0 Å². The van der Waals surface area contributed by atoms with Crippen molar-refractivity contribution < 1.29 is 14.3 Å². The first kappa shape index (κ1) is 23.4. The van der Waals surface area contributed by atoms with Gasteiger partial charge in [-0.05, 0) is 60.7 Å². The van der Waals surface area contributed by atoms with Crippen LogP contribution in [0.4, 0.5) is 5.69 Å². The van der Waals surface area contributed by atoms with Crippen molar-refractivity contribution in [3.8, 4) is 5.75 Å². The number of nitrogens with zero attached hydrogens (tertiary/aromatic N) is 1. The molecule has 3 atom stereocenters. The largest absolute Gasteiger partial charge is 0.497 e. The van der Waals surface area contributed by atoms with Gasteiger partial charge in [-0.15, -0.1) is 11.6 Å². The van der Waals surface area contributed by atoms with Crippen LogP contribution in [0.1, 0.15) is 44.2 Å². The van der Waals surface area contributed by atoms with Crippen molar-refractivity contribution in [3.63, 3.8) is 0 Å². The van der Waals surface area contributed by atoms with E-state index < -0.39 is 6.04 Å². The van der Waals surface area contributed by atoms with E-state index >= 15 is 0 Å². The number of ether oxygens (including phenoxy) is 1. The van der Waals surface area contributed by atoms with Gasteiger partial charge in [-0.1, -0.05) is 43.5 Å². The Morgan fingerprint density at radius 1 is 1.10 bits per heavy atom. The summed E-state index contributed by atoms with van der Waals surface area (Å²) in [4.78, 5) is 28.0. The van der Waals surface area contributed by atoms with Crippen LogP contribution in [-0.4, -0.2) is 30.8 Å². The zero-order chi connectivity index (χ0) is 22.4. The van der Waals surface area contributed by atoms with Gasteiger partial charge in [-0.25, -0.2) is 0 Å². The Kier molecular flexibility index (Phi) is 8.22. The predicted molar refractivity (Wildman–Crippen MR) is 125 cm³/mol. The molecule has 0 saturated heterocycles. The molecule has 0 aliphatic heterocycles. The van der Waals surface area contributed by atoms with Crippen molar-refractivity contribution in [2.75, 3.05) is 17.9 Å². The van der Waals surface area contributed by atoms with Crippen LogP contribution in [0.2, 0.25) is 5.02 Å². The van der Waals surface area contributed by atoms with Crippen molar-refractivity contribution in [3.05, 3.63) is 59.1 Å². The van der Waals surface area contributed by atoms with Crippen LogP contribution in [0, 0.1) is 5.92 Å². The van der Waals surface area contributed by atoms with E-state index in [4.69, 9.17) is 27.9 Å². The Morgan fingerprint density at radius 2 is 1.74 bits per heavy atom. The van der Waals surface area contributed by atoms with E-state index in [2.05, 4.69) is 12.2 Å². The molecule has 166 valence electrons. The van der Waals surface area contributed by atoms with Crippen molar-refractivity contribution in [1.82, 2.24) is 5.32 Å². The first-order chi connectivity index (χ1) is 14.9. The molecule has 1 saturated carbocycles. The summed E-state index contributed by atoms with van der Waals surface area (Å²) in [6.45, 7) is 2.16. The molecular formula is C24H28Cl2N2O3. The number of amides is 2. The number of methoxy groups -OCH3 is 1. The molecule has 2 aromatic rings. The maximum Gasteiger partial charge on any atom is 0.248 e. The number of carbonyl (C=O) groups excluding carboxylic acids is 2. The second kappa shape index (κ2) is 10.9. The molecule has 2 amide bonds. The van der Waals surface area contributed by atoms with Crippen molar-refractivity contribution in [1.29, 1.82) is 0 Å². The lowest BCUT2D eigenvalue weighted by atomic mass is 9.85. The van der Waals surface area contributed by atoms with E-state index in [1.807, 2.05) is 0 Å². The summed E-state index contributed by atoms with van der Waals surface area (Å²) < 4.78 is 5.23. The van der Waals surface area contributed by atoms with Gasteiger partial charge >= 0.3 is 0 Å². The molecule has 0 spiro atoms. The topological polar surface area (TPSA) is 58.6 Å². The van der Waals surface area contributed by atoms with E-state index in [1.165, 1.54) is 11.3 Å². The van der Waals surface area contributed by atoms with Gasteiger partial charge in [0, 0.05) is 16.8 Å². The fourth-order valence-electron chi connectivity index (χ4n) is 4.10. The average Bonchev–Trinajstić information content (AvgIpc) is 2.79. The third-order valence-electron chi connectivity index (χ3n) is 5.87. The van der Waals surface area contributed by atoms with E-state index in [0.717, 1.165) is 19.3 Å².